The summed E-state index contributed by atoms with van der Waals surface area (Å²) < 4.78 is 0. The van der Waals surface area contributed by atoms with Gasteiger partial charge in [-0.3, -0.25) is 0 Å². The number of nitrogens with zero attached hydrogens (tertiary/aromatic N) is 4. The summed E-state index contributed by atoms with van der Waals surface area (Å²) in [6.07, 6.45) is 0. The van der Waals surface area contributed by atoms with Gasteiger partial charge in [-0.15, -0.1) is 0 Å². The lowest BCUT2D eigenvalue weighted by atomic mass is 10.0. The number of benzene rings is 5. The summed E-state index contributed by atoms with van der Waals surface area (Å²) in [4.78, 5) is 20.2. The van der Waals surface area contributed by atoms with Gasteiger partial charge in [-0.2, -0.15) is 0 Å². The molecule has 0 bridgehead atoms. The molecule has 0 aliphatic carbocycles. The Morgan fingerprint density at radius 1 is 0.295 bits per heavy atom. The maximum atomic E-state index is 5.05. The van der Waals surface area contributed by atoms with Crippen LogP contribution < -0.4 is 0 Å². The maximum Gasteiger partial charge on any atom is 0.160 e. The predicted molar refractivity (Wildman–Crippen MR) is 180 cm³/mol. The van der Waals surface area contributed by atoms with Crippen LogP contribution >= 0.6 is 0 Å². The Balaban J connectivity index is 1.37. The minimum Gasteiger partial charge on any atom is -0.228 e. The van der Waals surface area contributed by atoms with E-state index in [1.165, 1.54) is 11.1 Å². The molecule has 44 heavy (non-hydrogen) atoms. The quantitative estimate of drug-likeness (QED) is 0.201. The van der Waals surface area contributed by atoms with E-state index in [1.807, 2.05) is 42.5 Å². The molecular weight excluding hydrogens is 536 g/mol. The lowest BCUT2D eigenvalue weighted by molar-refractivity contribution is 1.17. The van der Waals surface area contributed by atoms with E-state index in [2.05, 4.69) is 117 Å². The number of hydrogen-bond donors (Lipinski definition) is 0. The fourth-order valence-corrected chi connectivity index (χ4v) is 5.21. The molecule has 0 saturated carbocycles. The highest BCUT2D eigenvalue weighted by atomic mass is 14.9. The molecule has 4 heteroatoms. The van der Waals surface area contributed by atoms with Crippen molar-refractivity contribution in [3.8, 4) is 67.8 Å². The van der Waals surface area contributed by atoms with Crippen LogP contribution in [0.3, 0.4) is 0 Å². The largest absolute Gasteiger partial charge is 0.228 e. The second-order valence-electron chi connectivity index (χ2n) is 11.0. The first-order chi connectivity index (χ1) is 21.6. The van der Waals surface area contributed by atoms with E-state index in [9.17, 15) is 0 Å². The highest BCUT2D eigenvalue weighted by Crippen LogP contribution is 2.31. The van der Waals surface area contributed by atoms with Crippen molar-refractivity contribution in [3.05, 3.63) is 157 Å². The van der Waals surface area contributed by atoms with E-state index >= 15 is 0 Å². The Bertz CT molecular complexity index is 1900. The van der Waals surface area contributed by atoms with Gasteiger partial charge in [0.25, 0.3) is 0 Å². The Kier molecular flexibility index (Phi) is 7.31. The molecule has 0 radical (unpaired) electrons. The second-order valence-corrected chi connectivity index (χ2v) is 11.0. The molecule has 0 N–H and O–H groups in total. The van der Waals surface area contributed by atoms with Gasteiger partial charge >= 0.3 is 0 Å². The van der Waals surface area contributed by atoms with Gasteiger partial charge < -0.3 is 0 Å². The van der Waals surface area contributed by atoms with Crippen LogP contribution in [0.1, 0.15) is 11.1 Å². The van der Waals surface area contributed by atoms with Crippen molar-refractivity contribution in [1.82, 2.24) is 19.9 Å². The number of aryl methyl sites for hydroxylation is 2. The van der Waals surface area contributed by atoms with E-state index in [0.29, 0.717) is 11.6 Å². The van der Waals surface area contributed by atoms with Gasteiger partial charge in [-0.1, -0.05) is 139 Å². The Morgan fingerprint density at radius 2 is 0.614 bits per heavy atom. The number of hydrogen-bond acceptors (Lipinski definition) is 4. The normalized spacial score (nSPS) is 11.0. The average Bonchev–Trinajstić information content (AvgIpc) is 3.09. The molecule has 7 aromatic rings. The topological polar surface area (TPSA) is 51.6 Å². The zero-order chi connectivity index (χ0) is 29.9. The molecule has 0 unspecified atom stereocenters. The molecule has 210 valence electrons. The van der Waals surface area contributed by atoms with Crippen LogP contribution in [0, 0.1) is 13.8 Å². The summed E-state index contributed by atoms with van der Waals surface area (Å²) in [5, 5.41) is 0. The van der Waals surface area contributed by atoms with Crippen LogP contribution in [0.2, 0.25) is 0 Å². The molecule has 0 aliphatic rings. The van der Waals surface area contributed by atoms with E-state index in [0.717, 1.165) is 56.2 Å². The highest BCUT2D eigenvalue weighted by molar-refractivity contribution is 5.76. The SMILES string of the molecule is Cc1ccc(-c2cc(-c3ccccc3)nc(-c3cccc(-c4nc(-c5ccccc5)cc(-c5ccc(C)cc5)n4)c3)n2)cc1. The second kappa shape index (κ2) is 11.9. The highest BCUT2D eigenvalue weighted by Gasteiger charge is 2.14. The van der Waals surface area contributed by atoms with Crippen molar-refractivity contribution >= 4 is 0 Å². The van der Waals surface area contributed by atoms with Crippen LogP contribution in [-0.4, -0.2) is 19.9 Å². The number of aromatic nitrogens is 4. The third-order valence-electron chi connectivity index (χ3n) is 7.67. The van der Waals surface area contributed by atoms with Gasteiger partial charge in [0.1, 0.15) is 0 Å². The fourth-order valence-electron chi connectivity index (χ4n) is 5.21. The van der Waals surface area contributed by atoms with Crippen LogP contribution in [0.5, 0.6) is 0 Å². The van der Waals surface area contributed by atoms with Crippen LogP contribution in [0.4, 0.5) is 0 Å². The molecule has 7 rings (SSSR count). The van der Waals surface area contributed by atoms with E-state index in [1.54, 1.807) is 0 Å². The fraction of sp³-hybridized carbons (Fsp3) is 0.0500. The van der Waals surface area contributed by atoms with Crippen LogP contribution in [0.15, 0.2) is 146 Å². The van der Waals surface area contributed by atoms with Crippen molar-refractivity contribution in [3.63, 3.8) is 0 Å². The minimum absolute atomic E-state index is 0.654. The summed E-state index contributed by atoms with van der Waals surface area (Å²) in [6.45, 7) is 4.18. The molecule has 0 spiro atoms. The molecular formula is C40H30N4. The van der Waals surface area contributed by atoms with Gasteiger partial charge in [-0.05, 0) is 32.0 Å². The maximum absolute atomic E-state index is 5.05. The Hall–Kier alpha value is -5.74. The summed E-state index contributed by atoms with van der Waals surface area (Å²) in [6, 6.07) is 49.7. The van der Waals surface area contributed by atoms with E-state index in [-0.39, 0.29) is 0 Å². The first-order valence-electron chi connectivity index (χ1n) is 14.7. The molecule has 2 heterocycles. The van der Waals surface area contributed by atoms with Gasteiger partial charge in [0.05, 0.1) is 22.8 Å². The van der Waals surface area contributed by atoms with Crippen molar-refractivity contribution < 1.29 is 0 Å². The van der Waals surface area contributed by atoms with E-state index < -0.39 is 0 Å². The molecule has 0 amide bonds. The number of rotatable bonds is 6. The Morgan fingerprint density at radius 3 is 0.977 bits per heavy atom. The molecule has 0 fully saturated rings. The van der Waals surface area contributed by atoms with Crippen molar-refractivity contribution in [1.29, 1.82) is 0 Å². The molecule has 0 atom stereocenters. The third-order valence-corrected chi connectivity index (χ3v) is 7.67. The first-order valence-corrected chi connectivity index (χ1v) is 14.7. The summed E-state index contributed by atoms with van der Waals surface area (Å²) in [5.41, 5.74) is 11.9. The van der Waals surface area contributed by atoms with Gasteiger partial charge in [-0.25, -0.2) is 19.9 Å². The lowest BCUT2D eigenvalue weighted by Gasteiger charge is -2.12. The van der Waals surface area contributed by atoms with Crippen LogP contribution in [-0.2, 0) is 0 Å². The van der Waals surface area contributed by atoms with Gasteiger partial charge in [0, 0.05) is 33.4 Å². The summed E-state index contributed by atoms with van der Waals surface area (Å²) in [5.74, 6) is 1.31. The van der Waals surface area contributed by atoms with Crippen LogP contribution in [0.25, 0.3) is 67.8 Å². The molecule has 0 aliphatic heterocycles. The average molecular weight is 567 g/mol. The molecule has 4 nitrogen and oxygen atoms in total. The van der Waals surface area contributed by atoms with Gasteiger partial charge in [0.2, 0.25) is 0 Å². The zero-order valence-electron chi connectivity index (χ0n) is 24.6. The minimum atomic E-state index is 0.654. The lowest BCUT2D eigenvalue weighted by Crippen LogP contribution is -1.98. The zero-order valence-corrected chi connectivity index (χ0v) is 24.6. The van der Waals surface area contributed by atoms with Crippen molar-refractivity contribution in [2.24, 2.45) is 0 Å². The molecule has 0 saturated heterocycles. The van der Waals surface area contributed by atoms with Gasteiger partial charge in [0.15, 0.2) is 11.6 Å². The smallest absolute Gasteiger partial charge is 0.160 e. The Labute approximate surface area is 257 Å². The summed E-state index contributed by atoms with van der Waals surface area (Å²) >= 11 is 0. The van der Waals surface area contributed by atoms with E-state index in [4.69, 9.17) is 19.9 Å². The standard InChI is InChI=1S/C40H30N4/c1-27-16-20-31(21-17-27)37-25-35(29-10-5-3-6-11-29)41-39(43-37)33-14-9-15-34(24-33)40-42-36(30-12-7-4-8-13-30)26-38(44-40)32-22-18-28(2)19-23-32/h3-26H,1-2H3. The van der Waals surface area contributed by atoms with Crippen molar-refractivity contribution in [2.45, 2.75) is 13.8 Å². The predicted octanol–water partition coefficient (Wildman–Crippen LogP) is 9.89. The third kappa shape index (κ3) is 5.79. The van der Waals surface area contributed by atoms with Crippen molar-refractivity contribution in [2.75, 3.05) is 0 Å². The molecule has 2 aromatic heterocycles. The molecule has 5 aromatic carbocycles. The summed E-state index contributed by atoms with van der Waals surface area (Å²) in [7, 11) is 0. The monoisotopic (exact) mass is 566 g/mol. The first kappa shape index (κ1) is 27.1.